The van der Waals surface area contributed by atoms with E-state index in [2.05, 4.69) is 31.0 Å². The van der Waals surface area contributed by atoms with Crippen LogP contribution in [-0.4, -0.2) is 110 Å². The zero-order valence-electron chi connectivity index (χ0n) is 25.9. The predicted molar refractivity (Wildman–Crippen MR) is 167 cm³/mol. The maximum absolute atomic E-state index is 12.5. The largest absolute Gasteiger partial charge is 0.426 e. The number of rotatable bonds is 21. The van der Waals surface area contributed by atoms with Crippen LogP contribution in [-0.2, 0) is 45.1 Å². The summed E-state index contributed by atoms with van der Waals surface area (Å²) in [6.45, 7) is 9.59. The number of carbonyl (C=O) groups excluding carboxylic acids is 1. The number of esters is 1. The first kappa shape index (κ1) is 35.9. The fourth-order valence-electron chi connectivity index (χ4n) is 6.92. The van der Waals surface area contributed by atoms with Gasteiger partial charge in [0.05, 0.1) is 79.1 Å². The van der Waals surface area contributed by atoms with Crippen molar-refractivity contribution in [3.05, 3.63) is 29.3 Å². The van der Waals surface area contributed by atoms with Crippen molar-refractivity contribution in [2.75, 3.05) is 92.9 Å². The summed E-state index contributed by atoms with van der Waals surface area (Å²) in [7, 11) is 2.29. The van der Waals surface area contributed by atoms with Gasteiger partial charge < -0.3 is 38.1 Å². The van der Waals surface area contributed by atoms with Gasteiger partial charge in [-0.1, -0.05) is 33.3 Å². The van der Waals surface area contributed by atoms with Gasteiger partial charge in [-0.3, -0.25) is 4.79 Å². The van der Waals surface area contributed by atoms with Gasteiger partial charge in [0.2, 0.25) is 0 Å². The number of nitrogens with zero attached hydrogens (tertiary/aromatic N) is 1. The summed E-state index contributed by atoms with van der Waals surface area (Å²) in [5, 5.41) is 0. The van der Waals surface area contributed by atoms with Crippen molar-refractivity contribution in [1.82, 2.24) is 4.90 Å². The Labute approximate surface area is 259 Å². The number of benzene rings is 1. The average molecular weight is 608 g/mol. The topological polar surface area (TPSA) is 84.9 Å². The molecule has 9 heteroatoms. The Kier molecular flexibility index (Phi) is 16.5. The van der Waals surface area contributed by atoms with Gasteiger partial charge in [-0.15, -0.1) is 0 Å². The molecule has 0 spiro atoms. The minimum absolute atomic E-state index is 0. The van der Waals surface area contributed by atoms with Crippen LogP contribution >= 0.6 is 0 Å². The number of piperidine rings is 1. The lowest BCUT2D eigenvalue weighted by Crippen LogP contribution is -2.59. The molecule has 1 aromatic carbocycles. The van der Waals surface area contributed by atoms with Crippen molar-refractivity contribution >= 4 is 5.97 Å². The SMILES string of the molecule is C.CCCOCCOCCOCCOCCOCCOCCC(=O)Oc1ccc2c(c1)[C@@]13CCCC[C@H]1[C@@H](C2)N(C)CC3. The fraction of sp³-hybridized carbons (Fsp3) is 0.794. The lowest BCUT2D eigenvalue weighted by atomic mass is 9.52. The molecule has 43 heavy (non-hydrogen) atoms. The highest BCUT2D eigenvalue weighted by atomic mass is 16.6. The lowest BCUT2D eigenvalue weighted by molar-refractivity contribution is -0.135. The Hall–Kier alpha value is -1.59. The molecule has 0 N–H and O–H groups in total. The first-order valence-electron chi connectivity index (χ1n) is 16.1. The Bertz CT molecular complexity index is 930. The smallest absolute Gasteiger partial charge is 0.313 e. The van der Waals surface area contributed by atoms with Crippen LogP contribution in [0.25, 0.3) is 0 Å². The molecule has 0 amide bonds. The van der Waals surface area contributed by atoms with Crippen LogP contribution < -0.4 is 4.74 Å². The van der Waals surface area contributed by atoms with Crippen LogP contribution in [0.4, 0.5) is 0 Å². The van der Waals surface area contributed by atoms with Crippen LogP contribution in [0.15, 0.2) is 18.2 Å². The minimum Gasteiger partial charge on any atom is -0.426 e. The molecular weight excluding hydrogens is 550 g/mol. The first-order chi connectivity index (χ1) is 20.6. The lowest BCUT2D eigenvalue weighted by Gasteiger charge is -2.58. The van der Waals surface area contributed by atoms with Crippen LogP contribution in [0, 0.1) is 5.92 Å². The maximum atomic E-state index is 12.5. The van der Waals surface area contributed by atoms with Gasteiger partial charge in [0.25, 0.3) is 0 Å². The highest BCUT2D eigenvalue weighted by molar-refractivity contribution is 5.72. The molecule has 0 unspecified atom stereocenters. The van der Waals surface area contributed by atoms with E-state index in [-0.39, 0.29) is 25.2 Å². The van der Waals surface area contributed by atoms with Crippen molar-refractivity contribution in [2.45, 2.75) is 77.2 Å². The molecule has 1 saturated heterocycles. The monoisotopic (exact) mass is 607 g/mol. The van der Waals surface area contributed by atoms with E-state index >= 15 is 0 Å². The van der Waals surface area contributed by atoms with Crippen LogP contribution in [0.5, 0.6) is 5.75 Å². The molecule has 0 aromatic heterocycles. The van der Waals surface area contributed by atoms with Gasteiger partial charge in [-0.2, -0.15) is 0 Å². The molecule has 0 radical (unpaired) electrons. The number of carbonyl (C=O) groups is 1. The molecule has 2 fully saturated rings. The number of ether oxygens (including phenoxy) is 7. The first-order valence-corrected chi connectivity index (χ1v) is 16.1. The predicted octanol–water partition coefficient (Wildman–Crippen LogP) is 4.82. The molecule has 3 aliphatic rings. The second-order valence-electron chi connectivity index (χ2n) is 11.7. The molecule has 1 saturated carbocycles. The van der Waals surface area contributed by atoms with Gasteiger partial charge in [0.1, 0.15) is 5.75 Å². The van der Waals surface area contributed by atoms with Crippen molar-refractivity contribution in [3.63, 3.8) is 0 Å². The number of hydrogen-bond donors (Lipinski definition) is 0. The van der Waals surface area contributed by atoms with Crippen LogP contribution in [0.3, 0.4) is 0 Å². The van der Waals surface area contributed by atoms with Gasteiger partial charge >= 0.3 is 5.97 Å². The Morgan fingerprint density at radius 2 is 1.40 bits per heavy atom. The van der Waals surface area contributed by atoms with Gasteiger partial charge in [0, 0.05) is 18.1 Å². The summed E-state index contributed by atoms with van der Waals surface area (Å²) in [6, 6.07) is 6.99. The summed E-state index contributed by atoms with van der Waals surface area (Å²) in [5.41, 5.74) is 3.14. The van der Waals surface area contributed by atoms with E-state index in [0.717, 1.165) is 31.9 Å². The number of likely N-dealkylation sites (tertiary alicyclic amines) is 1. The van der Waals surface area contributed by atoms with E-state index in [4.69, 9.17) is 33.2 Å². The zero-order valence-corrected chi connectivity index (χ0v) is 25.9. The molecular formula is C34H57NO8. The second kappa shape index (κ2) is 19.7. The molecule has 4 rings (SSSR count). The zero-order chi connectivity index (χ0) is 29.5. The number of fused-ring (bicyclic) bond motifs is 1. The van der Waals surface area contributed by atoms with E-state index in [0.29, 0.717) is 84.5 Å². The highest BCUT2D eigenvalue weighted by Crippen LogP contribution is 2.55. The quantitative estimate of drug-likeness (QED) is 0.111. The molecule has 1 aromatic rings. The van der Waals surface area contributed by atoms with E-state index in [1.54, 1.807) is 0 Å². The molecule has 1 aliphatic heterocycles. The molecule has 9 nitrogen and oxygen atoms in total. The van der Waals surface area contributed by atoms with Crippen molar-refractivity contribution < 1.29 is 38.0 Å². The van der Waals surface area contributed by atoms with E-state index in [9.17, 15) is 4.79 Å². The third-order valence-corrected chi connectivity index (χ3v) is 8.98. The molecule has 2 bridgehead atoms. The highest BCUT2D eigenvalue weighted by Gasteiger charge is 2.53. The summed E-state index contributed by atoms with van der Waals surface area (Å²) in [4.78, 5) is 15.1. The molecule has 2 aliphatic carbocycles. The number of hydrogen-bond acceptors (Lipinski definition) is 9. The third-order valence-electron chi connectivity index (χ3n) is 8.98. The van der Waals surface area contributed by atoms with Crippen molar-refractivity contribution in [3.8, 4) is 5.75 Å². The van der Waals surface area contributed by atoms with Crippen LogP contribution in [0.1, 0.15) is 70.4 Å². The average Bonchev–Trinajstić information content (AvgIpc) is 3.00. The number of likely N-dealkylation sites (N-methyl/N-ethyl adjacent to an activating group) is 1. The second-order valence-corrected chi connectivity index (χ2v) is 11.7. The van der Waals surface area contributed by atoms with Crippen molar-refractivity contribution in [1.29, 1.82) is 0 Å². The third kappa shape index (κ3) is 10.8. The molecule has 3 atom stereocenters. The van der Waals surface area contributed by atoms with E-state index in [1.807, 2.05) is 6.07 Å². The fourth-order valence-corrected chi connectivity index (χ4v) is 6.92. The Balaban J connectivity index is 0.00000506. The minimum atomic E-state index is -0.256. The van der Waals surface area contributed by atoms with Crippen molar-refractivity contribution in [2.24, 2.45) is 5.92 Å². The summed E-state index contributed by atoms with van der Waals surface area (Å²) < 4.78 is 38.6. The standard InChI is InChI=1S/C33H53NO8.CH4/c1-3-13-36-15-17-38-19-21-40-23-24-41-22-20-39-18-16-37-14-9-32(35)42-28-8-7-27-25-31-29-6-4-5-10-33(29,30(27)26-28)11-12-34(31)2;/h7-8,26,29,31H,3-6,9-25H2,1-2H3;1H4/t29-,31+,33+;/m0./s1. The Morgan fingerprint density at radius 3 is 2.00 bits per heavy atom. The summed E-state index contributed by atoms with van der Waals surface area (Å²) >= 11 is 0. The summed E-state index contributed by atoms with van der Waals surface area (Å²) in [5.74, 6) is 1.13. The van der Waals surface area contributed by atoms with E-state index in [1.165, 1.54) is 43.2 Å². The Morgan fingerprint density at radius 1 is 0.814 bits per heavy atom. The maximum Gasteiger partial charge on any atom is 0.313 e. The van der Waals surface area contributed by atoms with Crippen LogP contribution in [0.2, 0.25) is 0 Å². The molecule has 1 heterocycles. The van der Waals surface area contributed by atoms with E-state index < -0.39 is 0 Å². The normalized spacial score (nSPS) is 22.8. The van der Waals surface area contributed by atoms with Gasteiger partial charge in [-0.25, -0.2) is 0 Å². The summed E-state index contributed by atoms with van der Waals surface area (Å²) in [6.07, 6.45) is 8.76. The molecule has 246 valence electrons. The van der Waals surface area contributed by atoms with Gasteiger partial charge in [0.15, 0.2) is 0 Å². The van der Waals surface area contributed by atoms with Gasteiger partial charge in [-0.05, 0) is 74.9 Å².